The number of ether oxygens (including phenoxy) is 4. The smallest absolute Gasteiger partial charge is 0.345 e. The maximum Gasteiger partial charge on any atom is 0.345 e. The predicted octanol–water partition coefficient (Wildman–Crippen LogP) is 3.05. The van der Waals surface area contributed by atoms with E-state index in [1.807, 2.05) is 6.92 Å². The van der Waals surface area contributed by atoms with E-state index in [4.69, 9.17) is 18.9 Å². The molecular formula is C19H19NO8. The SMILES string of the molecule is CCOc1ccc(C(=O)COC(=O)c2cc(OC)c(OC)cc2[N+](=O)[O-])cc1. The number of hydrogen-bond acceptors (Lipinski definition) is 8. The van der Waals surface area contributed by atoms with Gasteiger partial charge in [-0.25, -0.2) is 4.79 Å². The molecule has 148 valence electrons. The van der Waals surface area contributed by atoms with Crippen LogP contribution < -0.4 is 14.2 Å². The van der Waals surface area contributed by atoms with Crippen LogP contribution >= 0.6 is 0 Å². The number of nitrogens with zero attached hydrogens (tertiary/aromatic N) is 1. The van der Waals surface area contributed by atoms with E-state index in [9.17, 15) is 19.7 Å². The van der Waals surface area contributed by atoms with Crippen molar-refractivity contribution in [1.29, 1.82) is 0 Å². The minimum Gasteiger partial charge on any atom is -0.494 e. The molecule has 0 fully saturated rings. The molecule has 28 heavy (non-hydrogen) atoms. The summed E-state index contributed by atoms with van der Waals surface area (Å²) >= 11 is 0. The summed E-state index contributed by atoms with van der Waals surface area (Å²) in [6.45, 7) is 1.76. The van der Waals surface area contributed by atoms with Gasteiger partial charge in [-0.15, -0.1) is 0 Å². The van der Waals surface area contributed by atoms with E-state index in [-0.39, 0.29) is 17.1 Å². The number of benzene rings is 2. The number of carbonyl (C=O) groups excluding carboxylic acids is 2. The molecule has 0 bridgehead atoms. The highest BCUT2D eigenvalue weighted by Gasteiger charge is 2.26. The summed E-state index contributed by atoms with van der Waals surface area (Å²) in [7, 11) is 2.64. The van der Waals surface area contributed by atoms with E-state index >= 15 is 0 Å². The average molecular weight is 389 g/mol. The van der Waals surface area contributed by atoms with Crippen molar-refractivity contribution < 1.29 is 33.5 Å². The van der Waals surface area contributed by atoms with Gasteiger partial charge < -0.3 is 18.9 Å². The van der Waals surface area contributed by atoms with Gasteiger partial charge in [0.1, 0.15) is 11.3 Å². The zero-order valence-electron chi connectivity index (χ0n) is 15.6. The van der Waals surface area contributed by atoms with Crippen LogP contribution in [-0.2, 0) is 4.74 Å². The molecule has 2 aromatic carbocycles. The molecule has 2 aromatic rings. The second-order valence-electron chi connectivity index (χ2n) is 5.44. The lowest BCUT2D eigenvalue weighted by molar-refractivity contribution is -0.385. The normalized spacial score (nSPS) is 10.1. The predicted molar refractivity (Wildman–Crippen MR) is 98.4 cm³/mol. The number of hydrogen-bond donors (Lipinski definition) is 0. The number of Topliss-reactive ketones (excluding diaryl/α,β-unsaturated/α-hetero) is 1. The highest BCUT2D eigenvalue weighted by molar-refractivity contribution is 6.00. The van der Waals surface area contributed by atoms with Gasteiger partial charge in [0.05, 0.1) is 31.8 Å². The molecule has 0 aromatic heterocycles. The fourth-order valence-electron chi connectivity index (χ4n) is 2.38. The van der Waals surface area contributed by atoms with Crippen molar-refractivity contribution in [2.45, 2.75) is 6.92 Å². The Morgan fingerprint density at radius 3 is 2.18 bits per heavy atom. The molecule has 9 nitrogen and oxygen atoms in total. The Bertz CT molecular complexity index is 876. The molecule has 0 atom stereocenters. The Morgan fingerprint density at radius 1 is 1.04 bits per heavy atom. The number of ketones is 1. The first-order valence-corrected chi connectivity index (χ1v) is 8.24. The minimum absolute atomic E-state index is 0.0937. The summed E-state index contributed by atoms with van der Waals surface area (Å²) in [4.78, 5) is 35.0. The topological polar surface area (TPSA) is 114 Å². The second kappa shape index (κ2) is 9.36. The highest BCUT2D eigenvalue weighted by Crippen LogP contribution is 2.34. The summed E-state index contributed by atoms with van der Waals surface area (Å²) in [6.07, 6.45) is 0. The zero-order chi connectivity index (χ0) is 20.7. The summed E-state index contributed by atoms with van der Waals surface area (Å²) in [5.74, 6) is -0.655. The maximum atomic E-state index is 12.3. The third kappa shape index (κ3) is 4.76. The summed E-state index contributed by atoms with van der Waals surface area (Å²) in [5, 5.41) is 11.3. The zero-order valence-corrected chi connectivity index (χ0v) is 15.6. The number of methoxy groups -OCH3 is 2. The van der Waals surface area contributed by atoms with Crippen molar-refractivity contribution in [3.63, 3.8) is 0 Å². The van der Waals surface area contributed by atoms with Crippen LogP contribution in [0.2, 0.25) is 0 Å². The van der Waals surface area contributed by atoms with Gasteiger partial charge in [0.15, 0.2) is 23.9 Å². The Labute approximate surface area is 160 Å². The Balaban J connectivity index is 2.15. The van der Waals surface area contributed by atoms with Crippen molar-refractivity contribution in [2.24, 2.45) is 0 Å². The van der Waals surface area contributed by atoms with E-state index in [0.29, 0.717) is 17.9 Å². The quantitative estimate of drug-likeness (QED) is 0.278. The van der Waals surface area contributed by atoms with Crippen molar-refractivity contribution in [1.82, 2.24) is 0 Å². The van der Waals surface area contributed by atoms with E-state index in [1.165, 1.54) is 14.2 Å². The first-order valence-electron chi connectivity index (χ1n) is 8.24. The molecule has 0 saturated heterocycles. The third-order valence-corrected chi connectivity index (χ3v) is 3.74. The van der Waals surface area contributed by atoms with Crippen LogP contribution in [0.1, 0.15) is 27.6 Å². The molecule has 0 aliphatic rings. The molecule has 2 rings (SSSR count). The fourth-order valence-corrected chi connectivity index (χ4v) is 2.38. The molecular weight excluding hydrogens is 370 g/mol. The Morgan fingerprint density at radius 2 is 1.64 bits per heavy atom. The van der Waals surface area contributed by atoms with Gasteiger partial charge in [-0.05, 0) is 31.2 Å². The van der Waals surface area contributed by atoms with Crippen molar-refractivity contribution in [3.8, 4) is 17.2 Å². The molecule has 9 heteroatoms. The number of nitro benzene ring substituents is 1. The van der Waals surface area contributed by atoms with Gasteiger partial charge in [-0.2, -0.15) is 0 Å². The van der Waals surface area contributed by atoms with Crippen molar-refractivity contribution >= 4 is 17.4 Å². The van der Waals surface area contributed by atoms with Crippen LogP contribution in [0.15, 0.2) is 36.4 Å². The average Bonchev–Trinajstić information content (AvgIpc) is 2.71. The Hall–Kier alpha value is -3.62. The maximum absolute atomic E-state index is 12.3. The molecule has 0 radical (unpaired) electrons. The van der Waals surface area contributed by atoms with E-state index < -0.39 is 29.0 Å². The largest absolute Gasteiger partial charge is 0.494 e. The van der Waals surface area contributed by atoms with Crippen LogP contribution in [0, 0.1) is 10.1 Å². The van der Waals surface area contributed by atoms with Crippen LogP contribution in [0.3, 0.4) is 0 Å². The standard InChI is InChI=1S/C19H19NO8/c1-4-27-13-7-5-12(6-8-13)16(21)11-28-19(22)14-9-17(25-2)18(26-3)10-15(14)20(23)24/h5-10H,4,11H2,1-3H3. The number of rotatable bonds is 9. The second-order valence-corrected chi connectivity index (χ2v) is 5.44. The van der Waals surface area contributed by atoms with Gasteiger partial charge in [-0.3, -0.25) is 14.9 Å². The van der Waals surface area contributed by atoms with Crippen LogP contribution in [-0.4, -0.2) is 44.1 Å². The number of nitro groups is 1. The highest BCUT2D eigenvalue weighted by atomic mass is 16.6. The lowest BCUT2D eigenvalue weighted by atomic mass is 10.1. The molecule has 0 N–H and O–H groups in total. The van der Waals surface area contributed by atoms with Gasteiger partial charge >= 0.3 is 5.97 Å². The van der Waals surface area contributed by atoms with Crippen molar-refractivity contribution in [2.75, 3.05) is 27.4 Å². The molecule has 0 aliphatic heterocycles. The minimum atomic E-state index is -1.02. The molecule has 0 spiro atoms. The van der Waals surface area contributed by atoms with Gasteiger partial charge in [-0.1, -0.05) is 0 Å². The molecule has 0 saturated carbocycles. The van der Waals surface area contributed by atoms with E-state index in [1.54, 1.807) is 24.3 Å². The monoisotopic (exact) mass is 389 g/mol. The lowest BCUT2D eigenvalue weighted by Crippen LogP contribution is -2.15. The molecule has 0 amide bonds. The summed E-state index contributed by atoms with van der Waals surface area (Å²) in [6, 6.07) is 8.53. The van der Waals surface area contributed by atoms with Crippen LogP contribution in [0.5, 0.6) is 17.2 Å². The first kappa shape index (κ1) is 20.7. The third-order valence-electron chi connectivity index (χ3n) is 3.74. The van der Waals surface area contributed by atoms with Gasteiger partial charge in [0.2, 0.25) is 0 Å². The summed E-state index contributed by atoms with van der Waals surface area (Å²) < 4.78 is 20.3. The van der Waals surface area contributed by atoms with Crippen LogP contribution in [0.4, 0.5) is 5.69 Å². The number of carbonyl (C=O) groups is 2. The van der Waals surface area contributed by atoms with Gasteiger partial charge in [0.25, 0.3) is 5.69 Å². The molecule has 0 unspecified atom stereocenters. The van der Waals surface area contributed by atoms with Gasteiger partial charge in [0, 0.05) is 11.6 Å². The van der Waals surface area contributed by atoms with Crippen LogP contribution in [0.25, 0.3) is 0 Å². The van der Waals surface area contributed by atoms with E-state index in [2.05, 4.69) is 0 Å². The molecule has 0 aliphatic carbocycles. The fraction of sp³-hybridized carbons (Fsp3) is 0.263. The first-order chi connectivity index (χ1) is 13.4. The number of esters is 1. The van der Waals surface area contributed by atoms with E-state index in [0.717, 1.165) is 12.1 Å². The summed E-state index contributed by atoms with van der Waals surface area (Å²) in [5.41, 5.74) is -0.545. The molecule has 0 heterocycles. The lowest BCUT2D eigenvalue weighted by Gasteiger charge is -2.10. The Kier molecular flexibility index (Phi) is 6.91. The van der Waals surface area contributed by atoms with Crippen molar-refractivity contribution in [3.05, 3.63) is 57.6 Å².